The van der Waals surface area contributed by atoms with Gasteiger partial charge in [0.1, 0.15) is 41.4 Å². The Labute approximate surface area is 294 Å². The maximum atomic E-state index is 15.3. The number of hydrogen-bond acceptors (Lipinski definition) is 10. The molecule has 3 aliphatic heterocycles. The summed E-state index contributed by atoms with van der Waals surface area (Å²) in [5, 5.41) is 13.9. The summed E-state index contributed by atoms with van der Waals surface area (Å²) in [7, 11) is 3.42. The number of benzene rings is 2. The van der Waals surface area contributed by atoms with E-state index in [-0.39, 0.29) is 38.1 Å². The maximum Gasteiger partial charge on any atom is 0.320 e. The summed E-state index contributed by atoms with van der Waals surface area (Å²) >= 11 is 0. The third-order valence-electron chi connectivity index (χ3n) is 10.5. The molecule has 0 unspecified atom stereocenters. The van der Waals surface area contributed by atoms with Gasteiger partial charge in [-0.15, -0.1) is 6.42 Å². The monoisotopic (exact) mass is 698 g/mol. The van der Waals surface area contributed by atoms with Crippen molar-refractivity contribution in [3.8, 4) is 35.4 Å². The summed E-state index contributed by atoms with van der Waals surface area (Å²) in [6.45, 7) is 4.53. The number of pyridine rings is 1. The summed E-state index contributed by atoms with van der Waals surface area (Å²) < 4.78 is 55.0. The predicted molar refractivity (Wildman–Crippen MR) is 189 cm³/mol. The minimum absolute atomic E-state index is 0.00981. The molecule has 11 nitrogen and oxygen atoms in total. The third-order valence-corrected chi connectivity index (χ3v) is 10.5. The number of hydrogen-bond donors (Lipinski definition) is 1. The summed E-state index contributed by atoms with van der Waals surface area (Å²) in [5.41, 5.74) is 0.946. The van der Waals surface area contributed by atoms with Crippen LogP contribution in [0.2, 0.25) is 0 Å². The molecule has 0 amide bonds. The van der Waals surface area contributed by atoms with Crippen molar-refractivity contribution in [3.63, 3.8) is 0 Å². The summed E-state index contributed by atoms with van der Waals surface area (Å²) in [6.07, 6.45) is 8.94. The van der Waals surface area contributed by atoms with Crippen LogP contribution in [0, 0.1) is 18.2 Å². The second-order valence-electron chi connectivity index (χ2n) is 14.2. The lowest BCUT2D eigenvalue weighted by molar-refractivity contribution is -0.0123. The Morgan fingerprint density at radius 3 is 2.84 bits per heavy atom. The molecule has 0 aliphatic carbocycles. The molecule has 6 heterocycles. The highest BCUT2D eigenvalue weighted by Crippen LogP contribution is 2.44. The first kappa shape index (κ1) is 33.5. The molecule has 0 radical (unpaired) electrons. The number of nitrogens with zero attached hydrogens (tertiary/aromatic N) is 6. The number of anilines is 1. The zero-order valence-electron chi connectivity index (χ0n) is 28.9. The molecule has 1 N–H and O–H groups in total. The van der Waals surface area contributed by atoms with Crippen molar-refractivity contribution in [2.75, 3.05) is 64.8 Å². The lowest BCUT2D eigenvalue weighted by atomic mass is 9.95. The number of ether oxygens (including phenoxy) is 4. The number of aromatic nitrogens is 4. The van der Waals surface area contributed by atoms with E-state index in [1.807, 2.05) is 22.6 Å². The van der Waals surface area contributed by atoms with Crippen LogP contribution in [0.25, 0.3) is 44.0 Å². The van der Waals surface area contributed by atoms with Gasteiger partial charge in [0.2, 0.25) is 0 Å². The van der Waals surface area contributed by atoms with Gasteiger partial charge in [-0.3, -0.25) is 9.88 Å². The van der Waals surface area contributed by atoms with Crippen LogP contribution in [0.1, 0.15) is 31.7 Å². The van der Waals surface area contributed by atoms with Gasteiger partial charge in [-0.25, -0.2) is 8.78 Å². The fourth-order valence-corrected chi connectivity index (χ4v) is 8.28. The first-order valence-electron chi connectivity index (χ1n) is 17.2. The Balaban J connectivity index is 1.35. The third kappa shape index (κ3) is 5.80. The number of methoxy groups -OCH3 is 1. The molecule has 8 rings (SSSR count). The molecule has 3 saturated heterocycles. The van der Waals surface area contributed by atoms with Gasteiger partial charge in [0.15, 0.2) is 6.79 Å². The van der Waals surface area contributed by atoms with Gasteiger partial charge >= 0.3 is 6.01 Å². The topological polar surface area (TPSA) is 107 Å². The zero-order chi connectivity index (χ0) is 35.5. The predicted octanol–water partition coefficient (Wildman–Crippen LogP) is 4.98. The summed E-state index contributed by atoms with van der Waals surface area (Å²) in [6, 6.07) is 8.64. The molecule has 2 aromatic carbocycles. The molecule has 13 heteroatoms. The van der Waals surface area contributed by atoms with E-state index in [4.69, 9.17) is 40.3 Å². The lowest BCUT2D eigenvalue weighted by Crippen LogP contribution is -2.44. The maximum absolute atomic E-state index is 15.3. The van der Waals surface area contributed by atoms with Crippen molar-refractivity contribution in [1.29, 1.82) is 0 Å². The number of aryl methyl sites for hydroxylation is 1. The second kappa shape index (κ2) is 12.9. The fourth-order valence-electron chi connectivity index (χ4n) is 8.28. The molecule has 51 heavy (non-hydrogen) atoms. The molecule has 266 valence electrons. The van der Waals surface area contributed by atoms with Gasteiger partial charge < -0.3 is 33.5 Å². The zero-order valence-corrected chi connectivity index (χ0v) is 28.9. The average molecular weight is 699 g/mol. The molecule has 3 aromatic heterocycles. The van der Waals surface area contributed by atoms with E-state index < -0.39 is 23.1 Å². The minimum Gasteiger partial charge on any atom is -0.468 e. The van der Waals surface area contributed by atoms with E-state index >= 15 is 4.39 Å². The molecule has 5 aromatic rings. The molecular weight excluding hydrogens is 658 g/mol. The minimum atomic E-state index is -1.15. The largest absolute Gasteiger partial charge is 0.468 e. The quantitative estimate of drug-likeness (QED) is 0.176. The van der Waals surface area contributed by atoms with Crippen LogP contribution in [-0.2, 0) is 16.5 Å². The Morgan fingerprint density at radius 2 is 2.02 bits per heavy atom. The van der Waals surface area contributed by atoms with Gasteiger partial charge in [0.25, 0.3) is 0 Å². The van der Waals surface area contributed by atoms with E-state index in [1.54, 1.807) is 31.3 Å². The van der Waals surface area contributed by atoms with Crippen LogP contribution < -0.4 is 14.4 Å². The molecule has 3 fully saturated rings. The van der Waals surface area contributed by atoms with E-state index in [9.17, 15) is 9.50 Å². The van der Waals surface area contributed by atoms with Crippen molar-refractivity contribution in [2.24, 2.45) is 7.05 Å². The molecule has 0 saturated carbocycles. The van der Waals surface area contributed by atoms with Crippen LogP contribution in [-0.4, -0.2) is 107 Å². The van der Waals surface area contributed by atoms with E-state index in [0.717, 1.165) is 30.2 Å². The van der Waals surface area contributed by atoms with Crippen LogP contribution >= 0.6 is 0 Å². The molecular formula is C38H40F2N6O5. The first-order chi connectivity index (χ1) is 24.6. The number of halogens is 2. The van der Waals surface area contributed by atoms with Crippen LogP contribution in [0.5, 0.6) is 11.8 Å². The molecule has 3 atom stereocenters. The standard InChI is InChI=1S/C38H40F2N6O5/c1-5-26-29(40)8-7-23-15-25(51-22-48-4)16-28(30(23)26)32-33-27(9-11-41-32)31-34(44(33)3)42-36(43-35(31)45-13-14-49-20-37(2,47)19-45)50-21-38-10-6-12-46(38)18-24(39)17-38/h1,7-9,11,15-16,24,47H,6,10,12-14,17-22H2,2-4H3/t24-,37+,38+/m1/s1. The van der Waals surface area contributed by atoms with Gasteiger partial charge in [0.05, 0.1) is 47.5 Å². The highest BCUT2D eigenvalue weighted by Gasteiger charge is 2.49. The smallest absolute Gasteiger partial charge is 0.320 e. The number of β-amino-alcohol motifs (C(OH)–C–C–N with tert-alkyl or cyclic N) is 1. The number of aliphatic hydroxyl groups is 1. The normalized spacial score (nSPS) is 23.9. The summed E-state index contributed by atoms with van der Waals surface area (Å²) in [4.78, 5) is 19.0. The number of rotatable bonds is 8. The van der Waals surface area contributed by atoms with E-state index in [2.05, 4.69) is 10.8 Å². The fraction of sp³-hybridized carbons (Fsp3) is 0.447. The van der Waals surface area contributed by atoms with Crippen molar-refractivity contribution < 1.29 is 32.8 Å². The van der Waals surface area contributed by atoms with E-state index in [0.29, 0.717) is 70.9 Å². The van der Waals surface area contributed by atoms with Gasteiger partial charge in [0, 0.05) is 56.2 Å². The van der Waals surface area contributed by atoms with Crippen molar-refractivity contribution >= 4 is 38.5 Å². The number of terminal acetylenes is 1. The highest BCUT2D eigenvalue weighted by atomic mass is 19.1. The van der Waals surface area contributed by atoms with Gasteiger partial charge in [-0.2, -0.15) is 9.97 Å². The van der Waals surface area contributed by atoms with Crippen molar-refractivity contribution in [2.45, 2.75) is 43.5 Å². The highest BCUT2D eigenvalue weighted by molar-refractivity contribution is 6.17. The first-order valence-corrected chi connectivity index (χ1v) is 17.2. The van der Waals surface area contributed by atoms with E-state index in [1.165, 1.54) is 13.2 Å². The van der Waals surface area contributed by atoms with Crippen LogP contribution in [0.15, 0.2) is 36.5 Å². The van der Waals surface area contributed by atoms with Crippen molar-refractivity contribution in [1.82, 2.24) is 24.4 Å². The number of fused-ring (bicyclic) bond motifs is 5. The van der Waals surface area contributed by atoms with Crippen LogP contribution in [0.4, 0.5) is 14.6 Å². The Hall–Kier alpha value is -4.61. The molecule has 3 aliphatic rings. The molecule has 0 spiro atoms. The Bertz CT molecular complexity index is 2200. The second-order valence-corrected chi connectivity index (χ2v) is 14.2. The van der Waals surface area contributed by atoms with Crippen molar-refractivity contribution in [3.05, 3.63) is 47.9 Å². The van der Waals surface area contributed by atoms with Crippen LogP contribution in [0.3, 0.4) is 0 Å². The summed E-state index contributed by atoms with van der Waals surface area (Å²) in [5.74, 6) is 3.09. The lowest BCUT2D eigenvalue weighted by Gasteiger charge is -2.31. The Kier molecular flexibility index (Phi) is 8.46. The van der Waals surface area contributed by atoms with Gasteiger partial charge in [-0.1, -0.05) is 12.0 Å². The molecule has 0 bridgehead atoms. The SMILES string of the molecule is C#Cc1c(F)ccc2cc(OCOC)cc(-c3nccc4c5c(N6CCOC[C@@](C)(O)C6)nc(OC[C@@]67CCCN6C[C@H](F)C7)nc5n(C)c34)c12. The number of alkyl halides is 1. The average Bonchev–Trinajstić information content (AvgIpc) is 3.69. The Morgan fingerprint density at radius 1 is 1.16 bits per heavy atom. The van der Waals surface area contributed by atoms with Gasteiger partial charge in [-0.05, 0) is 56.0 Å².